The molecule has 0 unspecified atom stereocenters. The Morgan fingerprint density at radius 2 is 1.87 bits per heavy atom. The van der Waals surface area contributed by atoms with Crippen molar-refractivity contribution < 1.29 is 4.74 Å². The molecule has 0 atom stereocenters. The fourth-order valence-electron chi connectivity index (χ4n) is 0.937. The van der Waals surface area contributed by atoms with Crippen LogP contribution in [0.2, 0.25) is 10.2 Å². The lowest BCUT2D eigenvalue weighted by molar-refractivity contribution is 0.458. The van der Waals surface area contributed by atoms with Gasteiger partial charge in [-0.15, -0.1) is 0 Å². The molecule has 2 aromatic rings. The molecule has 0 aromatic carbocycles. The molecule has 0 spiro atoms. The second kappa shape index (κ2) is 4.42. The summed E-state index contributed by atoms with van der Waals surface area (Å²) >= 11 is 11.5. The Bertz CT molecular complexity index is 478. The summed E-state index contributed by atoms with van der Waals surface area (Å²) in [6, 6.07) is 1.61. The van der Waals surface area contributed by atoms with Gasteiger partial charge >= 0.3 is 0 Å². The van der Waals surface area contributed by atoms with Gasteiger partial charge in [0.15, 0.2) is 5.15 Å². The van der Waals surface area contributed by atoms with Crippen LogP contribution in [0, 0.1) is 0 Å². The van der Waals surface area contributed by atoms with E-state index in [4.69, 9.17) is 27.9 Å². The number of rotatable bonds is 2. The summed E-state index contributed by atoms with van der Waals surface area (Å²) in [6.45, 7) is 0. The van der Waals surface area contributed by atoms with E-state index in [1.807, 2.05) is 0 Å². The van der Waals surface area contributed by atoms with Gasteiger partial charge in [-0.2, -0.15) is 0 Å². The topological polar surface area (TPSA) is 47.9 Å². The number of ether oxygens (including phenoxy) is 1. The van der Waals surface area contributed by atoms with Crippen LogP contribution in [-0.2, 0) is 0 Å². The van der Waals surface area contributed by atoms with E-state index in [1.165, 1.54) is 24.8 Å². The fourth-order valence-corrected chi connectivity index (χ4v) is 1.24. The monoisotopic (exact) mass is 241 g/mol. The van der Waals surface area contributed by atoms with E-state index in [9.17, 15) is 0 Å². The third-order valence-corrected chi connectivity index (χ3v) is 1.98. The smallest absolute Gasteiger partial charge is 0.257 e. The minimum absolute atomic E-state index is 0.192. The van der Waals surface area contributed by atoms with Crippen molar-refractivity contribution in [1.29, 1.82) is 0 Å². The molecule has 2 heterocycles. The number of nitrogens with zero attached hydrogens (tertiary/aromatic N) is 3. The lowest BCUT2D eigenvalue weighted by Crippen LogP contribution is -1.90. The van der Waals surface area contributed by atoms with Gasteiger partial charge in [0.1, 0.15) is 5.75 Å². The average Bonchev–Trinajstić information content (AvgIpc) is 2.22. The Balaban J connectivity index is 2.26. The van der Waals surface area contributed by atoms with E-state index in [1.54, 1.807) is 6.07 Å². The highest BCUT2D eigenvalue weighted by Gasteiger charge is 2.05. The van der Waals surface area contributed by atoms with Crippen LogP contribution in [0.4, 0.5) is 0 Å². The maximum atomic E-state index is 5.76. The predicted octanol–water partition coefficient (Wildman–Crippen LogP) is 2.97. The average molecular weight is 242 g/mol. The molecule has 0 N–H and O–H groups in total. The van der Waals surface area contributed by atoms with E-state index in [-0.39, 0.29) is 11.0 Å². The number of aromatic nitrogens is 3. The highest BCUT2D eigenvalue weighted by molar-refractivity contribution is 6.31. The van der Waals surface area contributed by atoms with Crippen molar-refractivity contribution in [1.82, 2.24) is 15.0 Å². The van der Waals surface area contributed by atoms with E-state index in [0.717, 1.165) is 0 Å². The first-order valence-electron chi connectivity index (χ1n) is 4.00. The molecule has 2 rings (SSSR count). The normalized spacial score (nSPS) is 10.0. The summed E-state index contributed by atoms with van der Waals surface area (Å²) in [6.07, 6.45) is 5.98. The summed E-state index contributed by atoms with van der Waals surface area (Å²) in [4.78, 5) is 11.6. The summed E-state index contributed by atoms with van der Waals surface area (Å²) < 4.78 is 5.34. The quantitative estimate of drug-likeness (QED) is 0.812. The second-order valence-electron chi connectivity index (χ2n) is 2.59. The van der Waals surface area contributed by atoms with Crippen molar-refractivity contribution >= 4 is 23.2 Å². The maximum Gasteiger partial charge on any atom is 0.257 e. The van der Waals surface area contributed by atoms with Gasteiger partial charge in [0.25, 0.3) is 5.88 Å². The van der Waals surface area contributed by atoms with Gasteiger partial charge in [-0.1, -0.05) is 23.2 Å². The molecule has 15 heavy (non-hydrogen) atoms. The number of hydrogen-bond acceptors (Lipinski definition) is 4. The Morgan fingerprint density at radius 1 is 1.07 bits per heavy atom. The van der Waals surface area contributed by atoms with Crippen molar-refractivity contribution in [2.45, 2.75) is 0 Å². The van der Waals surface area contributed by atoms with E-state index in [2.05, 4.69) is 15.0 Å². The molecular formula is C9H5Cl2N3O. The number of halogens is 2. The molecule has 0 bridgehead atoms. The number of pyridine rings is 1. The van der Waals surface area contributed by atoms with E-state index < -0.39 is 0 Å². The molecular weight excluding hydrogens is 237 g/mol. The molecule has 0 radical (unpaired) electrons. The Labute approximate surface area is 95.9 Å². The summed E-state index contributed by atoms with van der Waals surface area (Å²) in [5, 5.41) is 0.671. The largest absolute Gasteiger partial charge is 0.435 e. The highest BCUT2D eigenvalue weighted by atomic mass is 35.5. The standard InChI is InChI=1S/C9H5Cl2N3O/c10-6-3-7(5-12-4-6)15-9-8(11)13-1-2-14-9/h1-5H. The predicted molar refractivity (Wildman–Crippen MR) is 56.4 cm³/mol. The van der Waals surface area contributed by atoms with Crippen LogP contribution in [0.5, 0.6) is 11.6 Å². The molecule has 6 heteroatoms. The highest BCUT2D eigenvalue weighted by Crippen LogP contribution is 2.25. The van der Waals surface area contributed by atoms with Gasteiger partial charge in [-0.05, 0) is 0 Å². The third-order valence-electron chi connectivity index (χ3n) is 1.52. The van der Waals surface area contributed by atoms with Crippen molar-refractivity contribution in [2.24, 2.45) is 0 Å². The number of hydrogen-bond donors (Lipinski definition) is 0. The molecule has 0 amide bonds. The molecule has 76 valence electrons. The van der Waals surface area contributed by atoms with Crippen molar-refractivity contribution in [3.05, 3.63) is 41.0 Å². The zero-order valence-corrected chi connectivity index (χ0v) is 8.90. The van der Waals surface area contributed by atoms with Crippen LogP contribution < -0.4 is 4.74 Å². The molecule has 0 saturated carbocycles. The molecule has 0 aliphatic heterocycles. The molecule has 0 aliphatic carbocycles. The Kier molecular flexibility index (Phi) is 2.99. The summed E-state index contributed by atoms with van der Waals surface area (Å²) in [5.74, 6) is 0.688. The van der Waals surface area contributed by atoms with Crippen LogP contribution in [0.3, 0.4) is 0 Å². The van der Waals surface area contributed by atoms with Crippen LogP contribution in [0.1, 0.15) is 0 Å². The van der Waals surface area contributed by atoms with Crippen LogP contribution in [0.15, 0.2) is 30.9 Å². The van der Waals surface area contributed by atoms with Crippen molar-refractivity contribution in [2.75, 3.05) is 0 Å². The van der Waals surface area contributed by atoms with Gasteiger partial charge in [0.05, 0.1) is 11.2 Å². The van der Waals surface area contributed by atoms with Gasteiger partial charge < -0.3 is 4.74 Å². The van der Waals surface area contributed by atoms with E-state index >= 15 is 0 Å². The maximum absolute atomic E-state index is 5.76. The lowest BCUT2D eigenvalue weighted by atomic mass is 10.5. The molecule has 0 saturated heterocycles. The Morgan fingerprint density at radius 3 is 2.60 bits per heavy atom. The first-order valence-corrected chi connectivity index (χ1v) is 4.76. The molecule has 0 fully saturated rings. The van der Waals surface area contributed by atoms with E-state index in [0.29, 0.717) is 10.8 Å². The molecule has 2 aromatic heterocycles. The zero-order chi connectivity index (χ0) is 10.7. The minimum atomic E-state index is 0.192. The summed E-state index contributed by atoms with van der Waals surface area (Å²) in [7, 11) is 0. The third kappa shape index (κ3) is 2.55. The van der Waals surface area contributed by atoms with Gasteiger partial charge in [0, 0.05) is 24.7 Å². The summed E-state index contributed by atoms with van der Waals surface area (Å²) in [5.41, 5.74) is 0. The van der Waals surface area contributed by atoms with Crippen molar-refractivity contribution in [3.8, 4) is 11.6 Å². The lowest BCUT2D eigenvalue weighted by Gasteiger charge is -2.04. The minimum Gasteiger partial charge on any atom is -0.435 e. The van der Waals surface area contributed by atoms with Gasteiger partial charge in [0.2, 0.25) is 0 Å². The van der Waals surface area contributed by atoms with Crippen LogP contribution in [0.25, 0.3) is 0 Å². The van der Waals surface area contributed by atoms with Gasteiger partial charge in [-0.25, -0.2) is 9.97 Å². The second-order valence-corrected chi connectivity index (χ2v) is 3.39. The van der Waals surface area contributed by atoms with Crippen molar-refractivity contribution in [3.63, 3.8) is 0 Å². The van der Waals surface area contributed by atoms with Crippen LogP contribution in [-0.4, -0.2) is 15.0 Å². The Hall–Kier alpha value is -1.39. The SMILES string of the molecule is Clc1cncc(Oc2nccnc2Cl)c1. The first kappa shape index (κ1) is 10.1. The first-order chi connectivity index (χ1) is 7.25. The zero-order valence-electron chi connectivity index (χ0n) is 7.39. The van der Waals surface area contributed by atoms with Gasteiger partial charge in [-0.3, -0.25) is 4.98 Å². The van der Waals surface area contributed by atoms with Crippen LogP contribution >= 0.6 is 23.2 Å². The molecule has 4 nitrogen and oxygen atoms in total. The fraction of sp³-hybridized carbons (Fsp3) is 0. The molecule has 0 aliphatic rings.